The zero-order valence-electron chi connectivity index (χ0n) is 12.8. The molecule has 3 aromatic heterocycles. The summed E-state index contributed by atoms with van der Waals surface area (Å²) < 4.78 is 1.11. The number of nitrogens with zero attached hydrogens (tertiary/aromatic N) is 3. The van der Waals surface area contributed by atoms with E-state index in [0.29, 0.717) is 12.4 Å². The Bertz CT molecular complexity index is 922. The highest BCUT2D eigenvalue weighted by molar-refractivity contribution is 9.10. The number of hydrogen-bond donors (Lipinski definition) is 1. The molecule has 24 heavy (non-hydrogen) atoms. The molecule has 1 N–H and O–H groups in total. The van der Waals surface area contributed by atoms with Gasteiger partial charge in [0.25, 0.3) is 5.56 Å². The van der Waals surface area contributed by atoms with E-state index in [2.05, 4.69) is 47.2 Å². The Labute approximate surface area is 151 Å². The van der Waals surface area contributed by atoms with Gasteiger partial charge in [-0.05, 0) is 34.1 Å². The molecule has 0 saturated heterocycles. The second kappa shape index (κ2) is 6.58. The van der Waals surface area contributed by atoms with Gasteiger partial charge in [0, 0.05) is 58.7 Å². The Morgan fingerprint density at radius 2 is 2.33 bits per heavy atom. The lowest BCUT2D eigenvalue weighted by Gasteiger charge is -2.27. The van der Waals surface area contributed by atoms with Gasteiger partial charge >= 0.3 is 0 Å². The molecule has 7 heteroatoms. The minimum absolute atomic E-state index is 0.0455. The maximum absolute atomic E-state index is 12.5. The highest BCUT2D eigenvalue weighted by Gasteiger charge is 2.22. The standard InChI is InChI=1S/C17H15BrN4OS/c18-12-6-13(24-10-12)8-22-5-3-15-14(9-22)17(23)21-16(20-15)11-2-1-4-19-7-11/h1-2,4,6-7,10H,3,5,8-9H2,(H,20,21,23). The number of fused-ring (bicyclic) bond motifs is 1. The van der Waals surface area contributed by atoms with Crippen molar-refractivity contribution in [2.75, 3.05) is 6.54 Å². The lowest BCUT2D eigenvalue weighted by atomic mass is 10.1. The van der Waals surface area contributed by atoms with Gasteiger partial charge in [0.1, 0.15) is 5.82 Å². The second-order valence-electron chi connectivity index (χ2n) is 5.77. The Hall–Kier alpha value is -1.83. The van der Waals surface area contributed by atoms with Crippen molar-refractivity contribution in [2.24, 2.45) is 0 Å². The van der Waals surface area contributed by atoms with E-state index in [9.17, 15) is 4.79 Å². The predicted molar refractivity (Wildman–Crippen MR) is 97.9 cm³/mol. The van der Waals surface area contributed by atoms with E-state index in [1.165, 1.54) is 4.88 Å². The van der Waals surface area contributed by atoms with Gasteiger partial charge in [-0.15, -0.1) is 11.3 Å². The molecule has 0 saturated carbocycles. The Morgan fingerprint density at radius 1 is 1.42 bits per heavy atom. The molecule has 0 radical (unpaired) electrons. The van der Waals surface area contributed by atoms with Crippen molar-refractivity contribution in [3.63, 3.8) is 0 Å². The van der Waals surface area contributed by atoms with E-state index < -0.39 is 0 Å². The molecular formula is C17H15BrN4OS. The van der Waals surface area contributed by atoms with Crippen LogP contribution in [0.25, 0.3) is 11.4 Å². The van der Waals surface area contributed by atoms with Crippen LogP contribution in [0.3, 0.4) is 0 Å². The van der Waals surface area contributed by atoms with Gasteiger partial charge in [-0.25, -0.2) is 4.98 Å². The van der Waals surface area contributed by atoms with Crippen LogP contribution in [0.1, 0.15) is 16.1 Å². The van der Waals surface area contributed by atoms with E-state index in [-0.39, 0.29) is 5.56 Å². The van der Waals surface area contributed by atoms with Gasteiger partial charge in [-0.3, -0.25) is 14.7 Å². The summed E-state index contributed by atoms with van der Waals surface area (Å²) in [7, 11) is 0. The third-order valence-corrected chi connectivity index (χ3v) is 5.77. The van der Waals surface area contributed by atoms with E-state index in [1.807, 2.05) is 12.1 Å². The Morgan fingerprint density at radius 3 is 3.08 bits per heavy atom. The van der Waals surface area contributed by atoms with E-state index in [0.717, 1.165) is 40.8 Å². The number of rotatable bonds is 3. The van der Waals surface area contributed by atoms with Gasteiger partial charge in [0.15, 0.2) is 0 Å². The topological polar surface area (TPSA) is 61.9 Å². The van der Waals surface area contributed by atoms with Crippen molar-refractivity contribution in [1.29, 1.82) is 0 Å². The average Bonchev–Trinajstić information content (AvgIpc) is 3.01. The number of nitrogens with one attached hydrogen (secondary N) is 1. The Balaban J connectivity index is 1.59. The van der Waals surface area contributed by atoms with Gasteiger partial charge in [-0.2, -0.15) is 0 Å². The largest absolute Gasteiger partial charge is 0.306 e. The minimum atomic E-state index is -0.0455. The Kier molecular flexibility index (Phi) is 4.30. The van der Waals surface area contributed by atoms with Crippen molar-refractivity contribution in [2.45, 2.75) is 19.5 Å². The van der Waals surface area contributed by atoms with E-state index in [4.69, 9.17) is 0 Å². The third-order valence-electron chi connectivity index (χ3n) is 4.08. The van der Waals surface area contributed by atoms with E-state index in [1.54, 1.807) is 23.7 Å². The van der Waals surface area contributed by atoms with Crippen LogP contribution in [-0.2, 0) is 19.5 Å². The van der Waals surface area contributed by atoms with Crippen LogP contribution in [0, 0.1) is 0 Å². The van der Waals surface area contributed by atoms with Crippen molar-refractivity contribution in [3.05, 3.63) is 66.9 Å². The molecule has 5 nitrogen and oxygen atoms in total. The minimum Gasteiger partial charge on any atom is -0.306 e. The number of halogens is 1. The zero-order valence-corrected chi connectivity index (χ0v) is 15.2. The predicted octanol–water partition coefficient (Wildman–Crippen LogP) is 3.21. The fraction of sp³-hybridized carbons (Fsp3) is 0.235. The van der Waals surface area contributed by atoms with Gasteiger partial charge < -0.3 is 4.98 Å². The summed E-state index contributed by atoms with van der Waals surface area (Å²) >= 11 is 5.22. The zero-order chi connectivity index (χ0) is 16.5. The quantitative estimate of drug-likeness (QED) is 0.730. The number of aromatic nitrogens is 3. The smallest absolute Gasteiger partial charge is 0.255 e. The summed E-state index contributed by atoms with van der Waals surface area (Å²) in [6.07, 6.45) is 4.22. The van der Waals surface area contributed by atoms with Crippen LogP contribution in [0.15, 0.2) is 45.2 Å². The number of hydrogen-bond acceptors (Lipinski definition) is 5. The van der Waals surface area contributed by atoms with Gasteiger partial charge in [0.2, 0.25) is 0 Å². The first-order chi connectivity index (χ1) is 11.7. The van der Waals surface area contributed by atoms with Crippen LogP contribution in [0.5, 0.6) is 0 Å². The maximum Gasteiger partial charge on any atom is 0.255 e. The summed E-state index contributed by atoms with van der Waals surface area (Å²) in [4.78, 5) is 27.8. The van der Waals surface area contributed by atoms with Crippen LogP contribution in [0.4, 0.5) is 0 Å². The summed E-state index contributed by atoms with van der Waals surface area (Å²) in [5.41, 5.74) is 2.48. The number of thiophene rings is 1. The average molecular weight is 403 g/mol. The molecule has 0 unspecified atom stereocenters. The molecule has 0 aliphatic carbocycles. The van der Waals surface area contributed by atoms with Crippen LogP contribution in [-0.4, -0.2) is 26.4 Å². The highest BCUT2D eigenvalue weighted by atomic mass is 79.9. The summed E-state index contributed by atoms with van der Waals surface area (Å²) in [6, 6.07) is 5.88. The fourth-order valence-corrected chi connectivity index (χ4v) is 4.40. The first-order valence-corrected chi connectivity index (χ1v) is 9.34. The molecule has 1 aliphatic heterocycles. The monoisotopic (exact) mass is 402 g/mol. The highest BCUT2D eigenvalue weighted by Crippen LogP contribution is 2.24. The summed E-state index contributed by atoms with van der Waals surface area (Å²) in [6.45, 7) is 2.41. The molecule has 0 bridgehead atoms. The number of H-pyrrole nitrogens is 1. The first kappa shape index (κ1) is 15.7. The summed E-state index contributed by atoms with van der Waals surface area (Å²) in [5.74, 6) is 0.600. The number of pyridine rings is 1. The molecule has 4 rings (SSSR count). The van der Waals surface area contributed by atoms with Gasteiger partial charge in [0.05, 0.1) is 11.3 Å². The van der Waals surface area contributed by atoms with Crippen LogP contribution in [0.2, 0.25) is 0 Å². The van der Waals surface area contributed by atoms with Crippen molar-refractivity contribution in [3.8, 4) is 11.4 Å². The second-order valence-corrected chi connectivity index (χ2v) is 7.68. The molecule has 4 heterocycles. The van der Waals surface area contributed by atoms with Crippen molar-refractivity contribution >= 4 is 27.3 Å². The number of aromatic amines is 1. The van der Waals surface area contributed by atoms with Crippen molar-refractivity contribution < 1.29 is 0 Å². The fourth-order valence-electron chi connectivity index (χ4n) is 2.91. The van der Waals surface area contributed by atoms with Crippen LogP contribution >= 0.6 is 27.3 Å². The van der Waals surface area contributed by atoms with E-state index >= 15 is 0 Å². The molecule has 1 aliphatic rings. The van der Waals surface area contributed by atoms with Crippen LogP contribution < -0.4 is 5.56 Å². The lowest BCUT2D eigenvalue weighted by Crippen LogP contribution is -2.35. The normalized spacial score (nSPS) is 14.5. The summed E-state index contributed by atoms with van der Waals surface area (Å²) in [5, 5.41) is 2.09. The molecule has 122 valence electrons. The molecule has 0 amide bonds. The molecule has 0 atom stereocenters. The molecule has 0 spiro atoms. The molecule has 0 fully saturated rings. The molecular weight excluding hydrogens is 388 g/mol. The first-order valence-electron chi connectivity index (χ1n) is 7.67. The molecule has 0 aromatic carbocycles. The van der Waals surface area contributed by atoms with Crippen molar-refractivity contribution in [1.82, 2.24) is 19.9 Å². The maximum atomic E-state index is 12.5. The van der Waals surface area contributed by atoms with Gasteiger partial charge in [-0.1, -0.05) is 0 Å². The third kappa shape index (κ3) is 3.19. The lowest BCUT2D eigenvalue weighted by molar-refractivity contribution is 0.244. The molecule has 3 aromatic rings. The SMILES string of the molecule is O=c1[nH]c(-c2cccnc2)nc2c1CN(Cc1cc(Br)cs1)CC2.